The van der Waals surface area contributed by atoms with Gasteiger partial charge in [-0.25, -0.2) is 0 Å². The van der Waals surface area contributed by atoms with Crippen molar-refractivity contribution in [3.63, 3.8) is 0 Å². The Labute approximate surface area is 78.5 Å². The second-order valence-corrected chi connectivity index (χ2v) is 3.89. The van der Waals surface area contributed by atoms with E-state index in [0.29, 0.717) is 5.96 Å². The molecule has 0 radical (unpaired) electrons. The number of hydrogen-bond acceptors (Lipinski definition) is 1. The van der Waals surface area contributed by atoms with Gasteiger partial charge in [0.25, 0.3) is 0 Å². The molecule has 1 aliphatic rings. The molecule has 0 amide bonds. The number of rotatable bonds is 1. The van der Waals surface area contributed by atoms with E-state index in [2.05, 4.69) is 16.8 Å². The Morgan fingerprint density at radius 3 is 2.50 bits per heavy atom. The minimum atomic E-state index is 0.112. The fraction of sp³-hybridized carbons (Fsp3) is 0.875. The van der Waals surface area contributed by atoms with Crippen molar-refractivity contribution >= 4 is 17.7 Å². The lowest BCUT2D eigenvalue weighted by atomic mass is 9.83. The van der Waals surface area contributed by atoms with Crippen molar-refractivity contribution in [2.75, 3.05) is 0 Å². The van der Waals surface area contributed by atoms with Crippen LogP contribution in [0.2, 0.25) is 0 Å². The monoisotopic (exact) mass is 189 g/mol. The molecule has 0 heterocycles. The molecule has 0 spiro atoms. The van der Waals surface area contributed by atoms with Crippen molar-refractivity contribution in [3.05, 3.63) is 0 Å². The van der Waals surface area contributed by atoms with Gasteiger partial charge in [-0.1, -0.05) is 19.3 Å². The van der Waals surface area contributed by atoms with Crippen LogP contribution in [0.3, 0.4) is 0 Å². The Morgan fingerprint density at radius 1 is 1.42 bits per heavy atom. The first kappa shape index (κ1) is 9.65. The van der Waals surface area contributed by atoms with Gasteiger partial charge in [0.2, 0.25) is 5.96 Å². The minimum absolute atomic E-state index is 0.112. The van der Waals surface area contributed by atoms with Gasteiger partial charge >= 0.3 is 0 Å². The van der Waals surface area contributed by atoms with Gasteiger partial charge in [-0.15, -0.1) is 4.51 Å². The molecule has 0 saturated heterocycles. The maximum absolute atomic E-state index is 5.50. The Kier molecular flexibility index (Phi) is 3.20. The number of nitrogens with zero attached hydrogens (tertiary/aromatic N) is 1. The van der Waals surface area contributed by atoms with Crippen molar-refractivity contribution in [3.8, 4) is 0 Å². The first-order chi connectivity index (χ1) is 5.66. The molecule has 3 N–H and O–H groups in total. The van der Waals surface area contributed by atoms with Gasteiger partial charge in [-0.2, -0.15) is 0 Å². The van der Waals surface area contributed by atoms with E-state index in [4.69, 9.17) is 17.5 Å². The van der Waals surface area contributed by atoms with Crippen LogP contribution in [0.5, 0.6) is 0 Å². The molecule has 1 aliphatic carbocycles. The van der Waals surface area contributed by atoms with Gasteiger partial charge in [-0.05, 0) is 19.8 Å². The van der Waals surface area contributed by atoms with Crippen molar-refractivity contribution in [2.24, 2.45) is 10.2 Å². The van der Waals surface area contributed by atoms with Crippen LogP contribution in [0.15, 0.2) is 4.51 Å². The summed E-state index contributed by atoms with van der Waals surface area (Å²) in [6.45, 7) is 2.17. The average molecular weight is 190 g/mol. The van der Waals surface area contributed by atoms with Crippen LogP contribution in [0, 0.1) is 0 Å². The van der Waals surface area contributed by atoms with Crippen LogP contribution in [0.25, 0.3) is 0 Å². The highest BCUT2D eigenvalue weighted by molar-refractivity contribution is 6.19. The predicted octanol–water partition coefficient (Wildman–Crippen LogP) is 1.77. The first-order valence-corrected chi connectivity index (χ1v) is 4.73. The molecule has 0 aromatic rings. The van der Waals surface area contributed by atoms with Crippen LogP contribution in [-0.4, -0.2) is 11.5 Å². The smallest absolute Gasteiger partial charge is 0.206 e. The molecule has 0 atom stereocenters. The van der Waals surface area contributed by atoms with Crippen LogP contribution >= 0.6 is 11.8 Å². The number of guanidine groups is 1. The van der Waals surface area contributed by atoms with Gasteiger partial charge in [-0.3, -0.25) is 0 Å². The maximum Gasteiger partial charge on any atom is 0.206 e. The van der Waals surface area contributed by atoms with Crippen molar-refractivity contribution < 1.29 is 0 Å². The highest BCUT2D eigenvalue weighted by Crippen LogP contribution is 2.27. The van der Waals surface area contributed by atoms with Crippen molar-refractivity contribution in [1.82, 2.24) is 5.32 Å². The van der Waals surface area contributed by atoms with E-state index in [9.17, 15) is 0 Å². The predicted molar refractivity (Wildman–Crippen MR) is 52.1 cm³/mol. The van der Waals surface area contributed by atoms with Gasteiger partial charge in [0, 0.05) is 17.3 Å². The Bertz CT molecular complexity index is 173. The molecule has 0 aromatic carbocycles. The molecule has 0 aromatic heterocycles. The largest absolute Gasteiger partial charge is 0.369 e. The zero-order valence-corrected chi connectivity index (χ0v) is 8.19. The highest BCUT2D eigenvalue weighted by Gasteiger charge is 2.26. The Balaban J connectivity index is 2.46. The summed E-state index contributed by atoms with van der Waals surface area (Å²) in [5.41, 5.74) is 5.61. The van der Waals surface area contributed by atoms with Gasteiger partial charge in [0.15, 0.2) is 0 Å². The van der Waals surface area contributed by atoms with Crippen LogP contribution in [0.1, 0.15) is 39.0 Å². The van der Waals surface area contributed by atoms with Crippen molar-refractivity contribution in [2.45, 2.75) is 44.6 Å². The van der Waals surface area contributed by atoms with E-state index in [1.807, 2.05) is 0 Å². The third-order valence-electron chi connectivity index (χ3n) is 2.48. The molecule has 70 valence electrons. The molecule has 12 heavy (non-hydrogen) atoms. The molecule has 0 unspecified atom stereocenters. The second-order valence-electron chi connectivity index (χ2n) is 3.72. The minimum Gasteiger partial charge on any atom is -0.369 e. The third kappa shape index (κ3) is 2.55. The van der Waals surface area contributed by atoms with Crippen LogP contribution in [0.4, 0.5) is 0 Å². The molecular weight excluding hydrogens is 174 g/mol. The SMILES string of the molecule is CC1(N/C(N)=N/Cl)CCCCC1. The fourth-order valence-corrected chi connectivity index (χ4v) is 1.83. The van der Waals surface area contributed by atoms with E-state index in [1.54, 1.807) is 0 Å². The average Bonchev–Trinajstić information content (AvgIpc) is 2.05. The number of halogens is 1. The molecule has 1 fully saturated rings. The Hall–Kier alpha value is -0.440. The van der Waals surface area contributed by atoms with Gasteiger partial charge < -0.3 is 11.1 Å². The summed E-state index contributed by atoms with van der Waals surface area (Å²) >= 11 is 5.23. The summed E-state index contributed by atoms with van der Waals surface area (Å²) in [6, 6.07) is 0. The fourth-order valence-electron chi connectivity index (χ4n) is 1.79. The molecule has 0 aliphatic heterocycles. The van der Waals surface area contributed by atoms with E-state index in [0.717, 1.165) is 12.8 Å². The lowest BCUT2D eigenvalue weighted by Crippen LogP contribution is -2.50. The quantitative estimate of drug-likeness (QED) is 0.488. The highest BCUT2D eigenvalue weighted by atomic mass is 35.5. The molecule has 3 nitrogen and oxygen atoms in total. The van der Waals surface area contributed by atoms with Crippen LogP contribution in [-0.2, 0) is 0 Å². The third-order valence-corrected chi connectivity index (χ3v) is 2.66. The first-order valence-electron chi connectivity index (χ1n) is 4.39. The van der Waals surface area contributed by atoms with Crippen molar-refractivity contribution in [1.29, 1.82) is 0 Å². The lowest BCUT2D eigenvalue weighted by Gasteiger charge is -2.34. The second kappa shape index (κ2) is 3.99. The molecular formula is C8H16ClN3. The number of nitrogens with one attached hydrogen (secondary N) is 1. The van der Waals surface area contributed by atoms with E-state index in [1.165, 1.54) is 19.3 Å². The molecule has 0 bridgehead atoms. The topological polar surface area (TPSA) is 50.4 Å². The van der Waals surface area contributed by atoms with E-state index < -0.39 is 0 Å². The zero-order valence-electron chi connectivity index (χ0n) is 7.44. The summed E-state index contributed by atoms with van der Waals surface area (Å²) in [4.78, 5) is 0. The van der Waals surface area contributed by atoms with Gasteiger partial charge in [0.05, 0.1) is 0 Å². The summed E-state index contributed by atoms with van der Waals surface area (Å²) in [7, 11) is 0. The Morgan fingerprint density at radius 2 is 2.00 bits per heavy atom. The van der Waals surface area contributed by atoms with Gasteiger partial charge in [0.1, 0.15) is 0 Å². The molecule has 1 saturated carbocycles. The molecule has 4 heteroatoms. The normalized spacial score (nSPS) is 23.7. The summed E-state index contributed by atoms with van der Waals surface area (Å²) in [5, 5.41) is 3.14. The summed E-state index contributed by atoms with van der Waals surface area (Å²) < 4.78 is 3.38. The van der Waals surface area contributed by atoms with E-state index in [-0.39, 0.29) is 5.54 Å². The number of nitrogens with two attached hydrogens (primary N) is 1. The lowest BCUT2D eigenvalue weighted by molar-refractivity contribution is 0.290. The molecule has 1 rings (SSSR count). The van der Waals surface area contributed by atoms with Crippen LogP contribution < -0.4 is 11.1 Å². The van der Waals surface area contributed by atoms with E-state index >= 15 is 0 Å². The maximum atomic E-state index is 5.50. The number of hydrogen-bond donors (Lipinski definition) is 2. The zero-order chi connectivity index (χ0) is 9.03. The summed E-state index contributed by atoms with van der Waals surface area (Å²) in [6.07, 6.45) is 6.16. The summed E-state index contributed by atoms with van der Waals surface area (Å²) in [5.74, 6) is 0.334. The standard InChI is InChI=1S/C8H16ClN3/c1-8(11-7(10)12-9)5-3-2-4-6-8/h2-6H2,1H3,(H3,10,11,12).